The minimum absolute atomic E-state index is 0.0149. The molecule has 0 radical (unpaired) electrons. The standard InChI is InChI=1S/C12H17ClN2O2/c1-3-15-12(16)8-17-11-5-4-9(7-14-2)6-10(11)13/h4-6,14H,3,7-8H2,1-2H3,(H,15,16). The SMILES string of the molecule is CCNC(=O)COc1ccc(CNC)cc1Cl. The zero-order valence-electron chi connectivity index (χ0n) is 10.0. The minimum atomic E-state index is -0.150. The van der Waals surface area contributed by atoms with Crippen molar-refractivity contribution >= 4 is 17.5 Å². The Balaban J connectivity index is 2.57. The van der Waals surface area contributed by atoms with Crippen LogP contribution in [-0.2, 0) is 11.3 Å². The maximum absolute atomic E-state index is 11.2. The Morgan fingerprint density at radius 1 is 1.47 bits per heavy atom. The summed E-state index contributed by atoms with van der Waals surface area (Å²) in [6.07, 6.45) is 0. The van der Waals surface area contributed by atoms with Gasteiger partial charge in [0, 0.05) is 13.1 Å². The van der Waals surface area contributed by atoms with Crippen molar-refractivity contribution in [3.63, 3.8) is 0 Å². The fourth-order valence-electron chi connectivity index (χ4n) is 1.37. The van der Waals surface area contributed by atoms with E-state index < -0.39 is 0 Å². The molecule has 0 aliphatic rings. The van der Waals surface area contributed by atoms with Crippen molar-refractivity contribution in [1.82, 2.24) is 10.6 Å². The third kappa shape index (κ3) is 4.63. The van der Waals surface area contributed by atoms with E-state index in [1.54, 1.807) is 6.07 Å². The lowest BCUT2D eigenvalue weighted by Gasteiger charge is -2.09. The van der Waals surface area contributed by atoms with Crippen LogP contribution in [0.5, 0.6) is 5.75 Å². The second-order valence-corrected chi connectivity index (χ2v) is 3.94. The van der Waals surface area contributed by atoms with Gasteiger partial charge >= 0.3 is 0 Å². The van der Waals surface area contributed by atoms with Gasteiger partial charge in [-0.2, -0.15) is 0 Å². The van der Waals surface area contributed by atoms with Crippen LogP contribution < -0.4 is 15.4 Å². The van der Waals surface area contributed by atoms with Crippen LogP contribution in [0.15, 0.2) is 18.2 Å². The van der Waals surface area contributed by atoms with Crippen LogP contribution in [0.4, 0.5) is 0 Å². The summed E-state index contributed by atoms with van der Waals surface area (Å²) < 4.78 is 5.32. The quantitative estimate of drug-likeness (QED) is 0.813. The Morgan fingerprint density at radius 3 is 2.82 bits per heavy atom. The van der Waals surface area contributed by atoms with Crippen molar-refractivity contribution in [3.8, 4) is 5.75 Å². The highest BCUT2D eigenvalue weighted by Gasteiger charge is 2.05. The molecule has 2 N–H and O–H groups in total. The molecule has 1 aromatic carbocycles. The molecule has 0 atom stereocenters. The van der Waals surface area contributed by atoms with Gasteiger partial charge in [-0.15, -0.1) is 0 Å². The van der Waals surface area contributed by atoms with Gasteiger partial charge in [-0.05, 0) is 31.7 Å². The number of carbonyl (C=O) groups is 1. The van der Waals surface area contributed by atoms with Gasteiger partial charge in [0.2, 0.25) is 0 Å². The third-order valence-electron chi connectivity index (χ3n) is 2.11. The Morgan fingerprint density at radius 2 is 2.24 bits per heavy atom. The summed E-state index contributed by atoms with van der Waals surface area (Å²) in [5.74, 6) is 0.376. The predicted molar refractivity (Wildman–Crippen MR) is 68.4 cm³/mol. The molecular weight excluding hydrogens is 240 g/mol. The van der Waals surface area contributed by atoms with Crippen molar-refractivity contribution in [2.45, 2.75) is 13.5 Å². The summed E-state index contributed by atoms with van der Waals surface area (Å²) in [4.78, 5) is 11.2. The van der Waals surface area contributed by atoms with Crippen molar-refractivity contribution in [1.29, 1.82) is 0 Å². The van der Waals surface area contributed by atoms with Crippen molar-refractivity contribution in [2.24, 2.45) is 0 Å². The van der Waals surface area contributed by atoms with Gasteiger partial charge in [0.05, 0.1) is 5.02 Å². The lowest BCUT2D eigenvalue weighted by atomic mass is 10.2. The molecule has 0 saturated heterocycles. The highest BCUT2D eigenvalue weighted by Crippen LogP contribution is 2.25. The van der Waals surface area contributed by atoms with Gasteiger partial charge in [-0.1, -0.05) is 17.7 Å². The second kappa shape index (κ2) is 7.14. The third-order valence-corrected chi connectivity index (χ3v) is 2.41. The summed E-state index contributed by atoms with van der Waals surface area (Å²) >= 11 is 6.04. The molecule has 0 fully saturated rings. The Labute approximate surface area is 106 Å². The van der Waals surface area contributed by atoms with E-state index in [1.165, 1.54) is 0 Å². The normalized spacial score (nSPS) is 10.1. The van der Waals surface area contributed by atoms with E-state index in [0.717, 1.165) is 12.1 Å². The van der Waals surface area contributed by atoms with Gasteiger partial charge in [-0.25, -0.2) is 0 Å². The van der Waals surface area contributed by atoms with Crippen molar-refractivity contribution in [2.75, 3.05) is 20.2 Å². The number of hydrogen-bond acceptors (Lipinski definition) is 3. The average molecular weight is 257 g/mol. The first-order valence-electron chi connectivity index (χ1n) is 5.50. The molecule has 0 unspecified atom stereocenters. The smallest absolute Gasteiger partial charge is 0.257 e. The van der Waals surface area contributed by atoms with E-state index in [2.05, 4.69) is 10.6 Å². The van der Waals surface area contributed by atoms with Gasteiger partial charge in [0.15, 0.2) is 6.61 Å². The first-order valence-corrected chi connectivity index (χ1v) is 5.87. The van der Waals surface area contributed by atoms with Crippen LogP contribution in [0, 0.1) is 0 Å². The molecule has 0 heterocycles. The van der Waals surface area contributed by atoms with E-state index in [0.29, 0.717) is 17.3 Å². The number of rotatable bonds is 6. The van der Waals surface area contributed by atoms with E-state index in [9.17, 15) is 4.79 Å². The fourth-order valence-corrected chi connectivity index (χ4v) is 1.62. The van der Waals surface area contributed by atoms with Crippen molar-refractivity contribution in [3.05, 3.63) is 28.8 Å². The van der Waals surface area contributed by atoms with Crippen LogP contribution >= 0.6 is 11.6 Å². The predicted octanol–water partition coefficient (Wildman–Crippen LogP) is 1.57. The first kappa shape index (κ1) is 13.8. The fraction of sp³-hybridized carbons (Fsp3) is 0.417. The number of nitrogens with one attached hydrogen (secondary N) is 2. The molecule has 0 aliphatic carbocycles. The summed E-state index contributed by atoms with van der Waals surface area (Å²) in [5, 5.41) is 6.20. The second-order valence-electron chi connectivity index (χ2n) is 3.54. The monoisotopic (exact) mass is 256 g/mol. The Hall–Kier alpha value is -1.26. The number of hydrogen-bond donors (Lipinski definition) is 2. The maximum atomic E-state index is 11.2. The van der Waals surface area contributed by atoms with Crippen molar-refractivity contribution < 1.29 is 9.53 Å². The summed E-state index contributed by atoms with van der Waals surface area (Å²) in [5.41, 5.74) is 1.07. The number of carbonyl (C=O) groups excluding carboxylic acids is 1. The highest BCUT2D eigenvalue weighted by atomic mass is 35.5. The zero-order chi connectivity index (χ0) is 12.7. The van der Waals surface area contributed by atoms with Crippen LogP contribution in [0.1, 0.15) is 12.5 Å². The molecule has 1 aromatic rings. The van der Waals surface area contributed by atoms with E-state index >= 15 is 0 Å². The largest absolute Gasteiger partial charge is 0.482 e. The molecule has 94 valence electrons. The Bertz CT molecular complexity index is 383. The zero-order valence-corrected chi connectivity index (χ0v) is 10.8. The van der Waals surface area contributed by atoms with Gasteiger partial charge < -0.3 is 15.4 Å². The van der Waals surface area contributed by atoms with Gasteiger partial charge in [0.25, 0.3) is 5.91 Å². The van der Waals surface area contributed by atoms with Crippen LogP contribution in [0.3, 0.4) is 0 Å². The molecule has 1 amide bonds. The lowest BCUT2D eigenvalue weighted by Crippen LogP contribution is -2.28. The summed E-state index contributed by atoms with van der Waals surface area (Å²) in [7, 11) is 1.87. The number of likely N-dealkylation sites (N-methyl/N-ethyl adjacent to an activating group) is 1. The first-order chi connectivity index (χ1) is 8.17. The van der Waals surface area contributed by atoms with E-state index in [1.807, 2.05) is 26.1 Å². The van der Waals surface area contributed by atoms with Gasteiger partial charge in [0.1, 0.15) is 5.75 Å². The maximum Gasteiger partial charge on any atom is 0.257 e. The molecule has 0 aliphatic heterocycles. The number of amides is 1. The van der Waals surface area contributed by atoms with E-state index in [-0.39, 0.29) is 12.5 Å². The lowest BCUT2D eigenvalue weighted by molar-refractivity contribution is -0.122. The number of ether oxygens (including phenoxy) is 1. The van der Waals surface area contributed by atoms with Gasteiger partial charge in [-0.3, -0.25) is 4.79 Å². The molecule has 0 saturated carbocycles. The van der Waals surface area contributed by atoms with Crippen LogP contribution in [0.2, 0.25) is 5.02 Å². The highest BCUT2D eigenvalue weighted by molar-refractivity contribution is 6.32. The molecular formula is C12H17ClN2O2. The molecule has 5 heteroatoms. The molecule has 4 nitrogen and oxygen atoms in total. The van der Waals surface area contributed by atoms with E-state index in [4.69, 9.17) is 16.3 Å². The van der Waals surface area contributed by atoms with Crippen LogP contribution in [0.25, 0.3) is 0 Å². The minimum Gasteiger partial charge on any atom is -0.482 e. The molecule has 17 heavy (non-hydrogen) atoms. The molecule has 1 rings (SSSR count). The summed E-state index contributed by atoms with van der Waals surface area (Å²) in [6.45, 7) is 3.18. The number of benzene rings is 1. The Kier molecular flexibility index (Phi) is 5.80. The number of halogens is 1. The average Bonchev–Trinajstić information content (AvgIpc) is 2.29. The molecule has 0 spiro atoms. The van der Waals surface area contributed by atoms with Crippen LogP contribution in [-0.4, -0.2) is 26.1 Å². The molecule has 0 bridgehead atoms. The summed E-state index contributed by atoms with van der Waals surface area (Å²) in [6, 6.07) is 5.51. The molecule has 0 aromatic heterocycles. The topological polar surface area (TPSA) is 50.4 Å².